The summed E-state index contributed by atoms with van der Waals surface area (Å²) in [6.45, 7) is 3.24. The molecule has 3 N–H and O–H groups in total. The lowest BCUT2D eigenvalue weighted by Crippen LogP contribution is -2.14. The van der Waals surface area contributed by atoms with Gasteiger partial charge in [0, 0.05) is 17.2 Å². The van der Waals surface area contributed by atoms with E-state index in [0.29, 0.717) is 5.69 Å². The molecule has 1 saturated carbocycles. The van der Waals surface area contributed by atoms with Gasteiger partial charge in [-0.15, -0.1) is 0 Å². The highest BCUT2D eigenvalue weighted by molar-refractivity contribution is 9.10. The summed E-state index contributed by atoms with van der Waals surface area (Å²) in [6.07, 6.45) is 4.53. The molecule has 3 nitrogen and oxygen atoms in total. The lowest BCUT2D eigenvalue weighted by molar-refractivity contribution is 0.536. The van der Waals surface area contributed by atoms with Crippen LogP contribution in [0.25, 0.3) is 0 Å². The van der Waals surface area contributed by atoms with Crippen molar-refractivity contribution >= 4 is 27.4 Å². The lowest BCUT2D eigenvalue weighted by Gasteiger charge is -2.13. The fourth-order valence-electron chi connectivity index (χ4n) is 1.69. The normalized spacial score (nSPS) is 17.5. The predicted octanol–water partition coefficient (Wildman–Crippen LogP) is 2.88. The van der Waals surface area contributed by atoms with Crippen molar-refractivity contribution in [2.75, 3.05) is 17.6 Å². The summed E-state index contributed by atoms with van der Waals surface area (Å²) in [6, 6.07) is 1.87. The van der Waals surface area contributed by atoms with Crippen molar-refractivity contribution < 1.29 is 0 Å². The molecule has 1 unspecified atom stereocenters. The largest absolute Gasteiger partial charge is 0.396 e. The van der Waals surface area contributed by atoms with Crippen LogP contribution in [0.5, 0.6) is 0 Å². The fourth-order valence-corrected chi connectivity index (χ4v) is 2.04. The van der Waals surface area contributed by atoms with Crippen molar-refractivity contribution in [3.05, 3.63) is 16.7 Å². The standard InChI is InChI=1S/C11H16BrN3/c1-7(8-2-3-8)5-14-11-10(13)4-9(12)6-15-11/h4,6-8H,2-3,5,13H2,1H3,(H,14,15). The van der Waals surface area contributed by atoms with Gasteiger partial charge >= 0.3 is 0 Å². The van der Waals surface area contributed by atoms with Gasteiger partial charge in [-0.3, -0.25) is 0 Å². The van der Waals surface area contributed by atoms with Crippen molar-refractivity contribution in [2.24, 2.45) is 11.8 Å². The Hall–Kier alpha value is -0.770. The Morgan fingerprint density at radius 3 is 3.00 bits per heavy atom. The zero-order chi connectivity index (χ0) is 10.8. The summed E-state index contributed by atoms with van der Waals surface area (Å²) in [4.78, 5) is 4.25. The molecular formula is C11H16BrN3. The number of hydrogen-bond donors (Lipinski definition) is 2. The predicted molar refractivity (Wildman–Crippen MR) is 66.7 cm³/mol. The topological polar surface area (TPSA) is 50.9 Å². The lowest BCUT2D eigenvalue weighted by atomic mass is 10.1. The number of rotatable bonds is 4. The number of halogens is 1. The van der Waals surface area contributed by atoms with E-state index in [0.717, 1.165) is 28.7 Å². The molecule has 82 valence electrons. The van der Waals surface area contributed by atoms with Gasteiger partial charge in [-0.05, 0) is 46.7 Å². The van der Waals surface area contributed by atoms with E-state index in [4.69, 9.17) is 5.73 Å². The Morgan fingerprint density at radius 1 is 1.67 bits per heavy atom. The molecule has 1 aromatic heterocycles. The Labute approximate surface area is 98.6 Å². The first kappa shape index (κ1) is 10.7. The summed E-state index contributed by atoms with van der Waals surface area (Å²) >= 11 is 3.34. The number of nitrogens with zero attached hydrogens (tertiary/aromatic N) is 1. The molecule has 1 aliphatic carbocycles. The highest BCUT2D eigenvalue weighted by Gasteiger charge is 2.27. The van der Waals surface area contributed by atoms with Gasteiger partial charge in [0.05, 0.1) is 5.69 Å². The minimum Gasteiger partial charge on any atom is -0.396 e. The summed E-state index contributed by atoms with van der Waals surface area (Å²) in [5.74, 6) is 2.43. The third kappa shape index (κ3) is 2.84. The Morgan fingerprint density at radius 2 is 2.40 bits per heavy atom. The highest BCUT2D eigenvalue weighted by Crippen LogP contribution is 2.36. The van der Waals surface area contributed by atoms with Gasteiger partial charge in [-0.2, -0.15) is 0 Å². The van der Waals surface area contributed by atoms with Crippen LogP contribution in [0.1, 0.15) is 19.8 Å². The molecule has 0 amide bonds. The highest BCUT2D eigenvalue weighted by atomic mass is 79.9. The van der Waals surface area contributed by atoms with E-state index in [9.17, 15) is 0 Å². The molecule has 4 heteroatoms. The molecule has 0 aromatic carbocycles. The summed E-state index contributed by atoms with van der Waals surface area (Å²) in [7, 11) is 0. The number of nitrogens with two attached hydrogens (primary N) is 1. The van der Waals surface area contributed by atoms with Gasteiger partial charge in [-0.25, -0.2) is 4.98 Å². The van der Waals surface area contributed by atoms with Crippen molar-refractivity contribution in [1.29, 1.82) is 0 Å². The number of nitrogens with one attached hydrogen (secondary N) is 1. The van der Waals surface area contributed by atoms with Gasteiger partial charge in [0.15, 0.2) is 0 Å². The van der Waals surface area contributed by atoms with Gasteiger partial charge in [0.1, 0.15) is 5.82 Å². The first-order chi connectivity index (χ1) is 7.16. The minimum absolute atomic E-state index is 0.701. The molecule has 0 radical (unpaired) electrons. The molecule has 1 heterocycles. The van der Waals surface area contributed by atoms with Crippen LogP contribution in [0, 0.1) is 11.8 Å². The van der Waals surface area contributed by atoms with Crippen molar-refractivity contribution in [2.45, 2.75) is 19.8 Å². The SMILES string of the molecule is CC(CNc1ncc(Br)cc1N)C1CC1. The van der Waals surface area contributed by atoms with E-state index >= 15 is 0 Å². The molecular weight excluding hydrogens is 254 g/mol. The van der Waals surface area contributed by atoms with Crippen molar-refractivity contribution in [3.63, 3.8) is 0 Å². The molecule has 1 atom stereocenters. The van der Waals surface area contributed by atoms with Crippen LogP contribution in [-0.2, 0) is 0 Å². The Balaban J connectivity index is 1.92. The molecule has 0 aliphatic heterocycles. The van der Waals surface area contributed by atoms with Crippen LogP contribution in [0.4, 0.5) is 11.5 Å². The van der Waals surface area contributed by atoms with Gasteiger partial charge in [0.25, 0.3) is 0 Å². The first-order valence-corrected chi connectivity index (χ1v) is 6.11. The maximum Gasteiger partial charge on any atom is 0.149 e. The van der Waals surface area contributed by atoms with Crippen molar-refractivity contribution in [3.8, 4) is 0 Å². The van der Waals surface area contributed by atoms with Crippen LogP contribution in [0.2, 0.25) is 0 Å². The van der Waals surface area contributed by atoms with Gasteiger partial charge in [-0.1, -0.05) is 6.92 Å². The van der Waals surface area contributed by atoms with E-state index < -0.39 is 0 Å². The zero-order valence-corrected chi connectivity index (χ0v) is 10.4. The quantitative estimate of drug-likeness (QED) is 0.884. The van der Waals surface area contributed by atoms with Crippen LogP contribution in [-0.4, -0.2) is 11.5 Å². The van der Waals surface area contributed by atoms with Crippen LogP contribution >= 0.6 is 15.9 Å². The summed E-state index contributed by atoms with van der Waals surface area (Å²) in [5, 5.41) is 3.30. The van der Waals surface area contributed by atoms with E-state index in [2.05, 4.69) is 33.2 Å². The molecule has 1 aliphatic rings. The minimum atomic E-state index is 0.701. The van der Waals surface area contributed by atoms with E-state index in [1.807, 2.05) is 6.07 Å². The zero-order valence-electron chi connectivity index (χ0n) is 8.83. The number of hydrogen-bond acceptors (Lipinski definition) is 3. The van der Waals surface area contributed by atoms with E-state index in [-0.39, 0.29) is 0 Å². The van der Waals surface area contributed by atoms with E-state index in [1.165, 1.54) is 12.8 Å². The molecule has 0 saturated heterocycles. The number of anilines is 2. The maximum atomic E-state index is 5.84. The molecule has 15 heavy (non-hydrogen) atoms. The maximum absolute atomic E-state index is 5.84. The van der Waals surface area contributed by atoms with Crippen LogP contribution in [0.3, 0.4) is 0 Å². The van der Waals surface area contributed by atoms with Crippen LogP contribution in [0.15, 0.2) is 16.7 Å². The first-order valence-electron chi connectivity index (χ1n) is 5.31. The van der Waals surface area contributed by atoms with E-state index in [1.54, 1.807) is 6.20 Å². The summed E-state index contributed by atoms with van der Waals surface area (Å²) < 4.78 is 0.917. The third-order valence-corrected chi connectivity index (χ3v) is 3.34. The summed E-state index contributed by atoms with van der Waals surface area (Å²) in [5.41, 5.74) is 6.55. The number of pyridine rings is 1. The van der Waals surface area contributed by atoms with Gasteiger partial charge in [0.2, 0.25) is 0 Å². The molecule has 0 bridgehead atoms. The number of aromatic nitrogens is 1. The van der Waals surface area contributed by atoms with Crippen LogP contribution < -0.4 is 11.1 Å². The second-order valence-corrected chi connectivity index (χ2v) is 5.20. The third-order valence-electron chi connectivity index (χ3n) is 2.90. The molecule has 0 spiro atoms. The Kier molecular flexibility index (Phi) is 3.14. The number of nitrogen functional groups attached to an aromatic ring is 1. The molecule has 1 fully saturated rings. The second-order valence-electron chi connectivity index (χ2n) is 4.29. The monoisotopic (exact) mass is 269 g/mol. The van der Waals surface area contributed by atoms with Crippen molar-refractivity contribution in [1.82, 2.24) is 4.98 Å². The smallest absolute Gasteiger partial charge is 0.149 e. The fraction of sp³-hybridized carbons (Fsp3) is 0.545. The average Bonchev–Trinajstić information content (AvgIpc) is 2.99. The molecule has 2 rings (SSSR count). The van der Waals surface area contributed by atoms with Gasteiger partial charge < -0.3 is 11.1 Å². The second kappa shape index (κ2) is 4.39. The molecule has 1 aromatic rings. The average molecular weight is 270 g/mol. The Bertz CT molecular complexity index is 350.